The molecule has 23 atom stereocenters. The standard InChI is InChI=1S/C56H85N5O6/c1-31-11-21-55(64-29-31)33(3)48-44(66-55)25-42-38-10-9-35-23-37(14-17-50(35,5)40(38)15-18-51(42,48)6)61-47(58-59-60-61)28-57-36-13-20-53(8)41-16-19-52(7)43(39(41)24-46(62)54(53,63)27-36)26-45-49(52)34(4)56(67-45)22-12-32(2)30-65-56/h9,31-34,36-45,48-49,57,63H,10-30H2,1-8H3/t31-,32-,33+,34+,36-,37+,38-,39-,40+,41+,42+,43+,44+,45+,48+,49+,50+,51+,52+,53-,54+,55-,56-/m1/s1. The molecule has 67 heavy (non-hydrogen) atoms. The molecule has 2 N–H and O–H groups in total. The molecule has 0 amide bonds. The van der Waals surface area contributed by atoms with E-state index in [2.05, 4.69) is 87.0 Å². The summed E-state index contributed by atoms with van der Waals surface area (Å²) < 4.78 is 29.4. The smallest absolute Gasteiger partial charge is 0.171 e. The fourth-order valence-electron chi connectivity index (χ4n) is 21.0. The number of carbonyl (C=O) groups is 1. The average molecular weight is 924 g/mol. The van der Waals surface area contributed by atoms with Crippen molar-refractivity contribution < 1.29 is 28.8 Å². The fourth-order valence-corrected chi connectivity index (χ4v) is 21.0. The van der Waals surface area contributed by atoms with Crippen molar-refractivity contribution in [2.75, 3.05) is 13.2 Å². The van der Waals surface area contributed by atoms with Gasteiger partial charge in [0.15, 0.2) is 23.2 Å². The summed E-state index contributed by atoms with van der Waals surface area (Å²) in [6.07, 6.45) is 22.0. The lowest BCUT2D eigenvalue weighted by Crippen LogP contribution is -2.68. The first kappa shape index (κ1) is 45.1. The summed E-state index contributed by atoms with van der Waals surface area (Å²) in [6.45, 7) is 21.7. The lowest BCUT2D eigenvalue weighted by Gasteiger charge is -2.63. The van der Waals surface area contributed by atoms with Crippen LogP contribution in [-0.4, -0.2) is 79.7 Å². The Labute approximate surface area is 401 Å². The molecule has 8 aliphatic carbocycles. The van der Waals surface area contributed by atoms with E-state index in [9.17, 15) is 9.90 Å². The molecule has 0 unspecified atom stereocenters. The van der Waals surface area contributed by atoms with E-state index in [0.717, 1.165) is 88.7 Å². The number of rotatable bonds is 4. The van der Waals surface area contributed by atoms with Gasteiger partial charge in [0.05, 0.1) is 38.0 Å². The van der Waals surface area contributed by atoms with Crippen LogP contribution in [0.5, 0.6) is 0 Å². The van der Waals surface area contributed by atoms with E-state index in [1.165, 1.54) is 44.9 Å². The van der Waals surface area contributed by atoms with Gasteiger partial charge < -0.3 is 29.4 Å². The number of fused-ring (bicyclic) bond motifs is 14. The maximum atomic E-state index is 14.6. The molecule has 1 aromatic rings. The Balaban J connectivity index is 0.655. The quantitative estimate of drug-likeness (QED) is 0.282. The van der Waals surface area contributed by atoms with Gasteiger partial charge in [0.2, 0.25) is 0 Å². The van der Waals surface area contributed by atoms with E-state index in [1.807, 2.05) is 0 Å². The van der Waals surface area contributed by atoms with Crippen LogP contribution >= 0.6 is 0 Å². The molecular weight excluding hydrogens is 839 g/mol. The number of Topliss-reactive ketones (excluding diaryl/α,β-unsaturated/α-hetero) is 1. The van der Waals surface area contributed by atoms with Crippen molar-refractivity contribution in [1.82, 2.24) is 25.5 Å². The molecule has 1 aromatic heterocycles. The Hall–Kier alpha value is -1.76. The van der Waals surface area contributed by atoms with Crippen LogP contribution in [0.4, 0.5) is 0 Å². The van der Waals surface area contributed by atoms with Crippen molar-refractivity contribution in [3.8, 4) is 0 Å². The van der Waals surface area contributed by atoms with Crippen LogP contribution in [0.25, 0.3) is 0 Å². The van der Waals surface area contributed by atoms with Gasteiger partial charge in [-0.1, -0.05) is 67.0 Å². The zero-order valence-electron chi connectivity index (χ0n) is 42.4. The van der Waals surface area contributed by atoms with Gasteiger partial charge in [0, 0.05) is 42.6 Å². The monoisotopic (exact) mass is 924 g/mol. The molecule has 7 saturated carbocycles. The van der Waals surface area contributed by atoms with Gasteiger partial charge in [-0.3, -0.25) is 4.79 Å². The average Bonchev–Trinajstić information content (AvgIpc) is 4.09. The zero-order valence-corrected chi connectivity index (χ0v) is 42.4. The summed E-state index contributed by atoms with van der Waals surface area (Å²) in [5.41, 5.74) is 0.584. The molecule has 4 aliphatic heterocycles. The summed E-state index contributed by atoms with van der Waals surface area (Å²) in [4.78, 5) is 14.6. The van der Waals surface area contributed by atoms with E-state index in [1.54, 1.807) is 5.57 Å². The topological polar surface area (TPSA) is 130 Å². The number of nitrogens with zero attached hydrogens (tertiary/aromatic N) is 4. The predicted molar refractivity (Wildman–Crippen MR) is 253 cm³/mol. The van der Waals surface area contributed by atoms with Gasteiger partial charge in [0.1, 0.15) is 5.60 Å². The lowest BCUT2D eigenvalue weighted by atomic mass is 9.42. The Morgan fingerprint density at radius 1 is 0.731 bits per heavy atom. The number of ketones is 1. The number of ether oxygens (including phenoxy) is 4. The molecule has 0 bridgehead atoms. The van der Waals surface area contributed by atoms with Gasteiger partial charge in [0.25, 0.3) is 0 Å². The second kappa shape index (κ2) is 15.1. The van der Waals surface area contributed by atoms with Crippen LogP contribution in [0.3, 0.4) is 0 Å². The highest BCUT2D eigenvalue weighted by Crippen LogP contribution is 2.73. The number of allylic oxidation sites excluding steroid dienone is 2. The largest absolute Gasteiger partial charge is 0.381 e. The molecule has 11 fully saturated rings. The third kappa shape index (κ3) is 6.08. The molecule has 12 aliphatic rings. The van der Waals surface area contributed by atoms with Crippen LogP contribution < -0.4 is 5.32 Å². The number of hydrogen-bond donors (Lipinski definition) is 2. The number of nitrogens with one attached hydrogen (secondary N) is 1. The summed E-state index contributed by atoms with van der Waals surface area (Å²) in [5, 5.41) is 30.1. The third-order valence-corrected chi connectivity index (χ3v) is 24.7. The highest BCUT2D eigenvalue weighted by atomic mass is 16.7. The predicted octanol–water partition coefficient (Wildman–Crippen LogP) is 9.78. The maximum absolute atomic E-state index is 14.6. The first-order valence-corrected chi connectivity index (χ1v) is 28.0. The summed E-state index contributed by atoms with van der Waals surface area (Å²) >= 11 is 0. The van der Waals surface area contributed by atoms with Crippen LogP contribution in [0.15, 0.2) is 11.6 Å². The first-order valence-electron chi connectivity index (χ1n) is 28.0. The van der Waals surface area contributed by atoms with E-state index in [4.69, 9.17) is 18.9 Å². The second-order valence-corrected chi connectivity index (χ2v) is 27.3. The Kier molecular flexibility index (Phi) is 10.2. The molecule has 5 heterocycles. The molecule has 11 nitrogen and oxygen atoms in total. The summed E-state index contributed by atoms with van der Waals surface area (Å²) in [7, 11) is 0. The van der Waals surface area contributed by atoms with Crippen LogP contribution in [0, 0.1) is 92.7 Å². The van der Waals surface area contributed by atoms with Gasteiger partial charge >= 0.3 is 0 Å². The molecule has 11 heteroatoms. The van der Waals surface area contributed by atoms with Crippen molar-refractivity contribution in [3.05, 3.63) is 17.5 Å². The minimum Gasteiger partial charge on any atom is -0.381 e. The highest BCUT2D eigenvalue weighted by molar-refractivity contribution is 5.89. The Bertz CT molecular complexity index is 2160. The third-order valence-electron chi connectivity index (χ3n) is 24.7. The SMILES string of the molecule is C[C@@H]1CC[C@@]2(OC1)O[C@H]1C[C@H]3[C@@H]4CC=C5C[C@@H](n6nnnc6CN[C@@H]6CC[C@]7(C)[C@H]8CC[C@]9(C)[C@@H]%10[C@H](C[C@H]9[C@@H]8CC(=O)[C@@]7(O)C6)O[C@]6(CC[C@@H](C)CO6)[C@H]%10C)CC[C@]5(C)[C@H]4CC[C@]3(C)[C@H]1[C@@H]2C. The normalized spacial score (nSPS) is 57.4. The molecule has 13 rings (SSSR count). The Morgan fingerprint density at radius 3 is 1.99 bits per heavy atom. The molecular formula is C56H85N5O6. The molecule has 0 aromatic carbocycles. The zero-order chi connectivity index (χ0) is 46.3. The fraction of sp³-hybridized carbons (Fsp3) is 0.929. The molecule has 370 valence electrons. The van der Waals surface area contributed by atoms with Crippen molar-refractivity contribution >= 4 is 5.78 Å². The van der Waals surface area contributed by atoms with Crippen molar-refractivity contribution in [3.63, 3.8) is 0 Å². The minimum absolute atomic E-state index is 0.0321. The number of aliphatic hydroxyl groups is 1. The van der Waals surface area contributed by atoms with E-state index >= 15 is 0 Å². The van der Waals surface area contributed by atoms with Crippen molar-refractivity contribution in [2.24, 2.45) is 92.7 Å². The summed E-state index contributed by atoms with van der Waals surface area (Å²) in [5.74, 6) is 6.54. The van der Waals surface area contributed by atoms with Gasteiger partial charge in [-0.25, -0.2) is 4.68 Å². The van der Waals surface area contributed by atoms with Gasteiger partial charge in [-0.2, -0.15) is 0 Å². The number of aromatic nitrogens is 4. The van der Waals surface area contributed by atoms with Crippen LogP contribution in [-0.2, 0) is 30.3 Å². The van der Waals surface area contributed by atoms with E-state index in [-0.39, 0.29) is 40.6 Å². The van der Waals surface area contributed by atoms with E-state index < -0.39 is 16.8 Å². The van der Waals surface area contributed by atoms with Crippen molar-refractivity contribution in [2.45, 2.75) is 219 Å². The number of hydrogen-bond acceptors (Lipinski definition) is 10. The second-order valence-electron chi connectivity index (χ2n) is 27.3. The van der Waals surface area contributed by atoms with E-state index in [0.29, 0.717) is 90.1 Å². The van der Waals surface area contributed by atoms with Gasteiger partial charge in [-0.05, 0) is 182 Å². The number of tetrazole rings is 1. The minimum atomic E-state index is -1.32. The first-order chi connectivity index (χ1) is 32.0. The number of carbonyl (C=O) groups excluding carboxylic acids is 1. The van der Waals surface area contributed by atoms with Crippen molar-refractivity contribution in [1.29, 1.82) is 0 Å². The lowest BCUT2D eigenvalue weighted by molar-refractivity contribution is -0.273. The molecule has 0 radical (unpaired) electrons. The molecule has 2 spiro atoms. The van der Waals surface area contributed by atoms with Gasteiger partial charge in [-0.15, -0.1) is 5.10 Å². The van der Waals surface area contributed by atoms with Crippen LogP contribution in [0.1, 0.15) is 183 Å². The highest BCUT2D eigenvalue weighted by Gasteiger charge is 2.73. The summed E-state index contributed by atoms with van der Waals surface area (Å²) in [6, 6.07) is 0.274. The maximum Gasteiger partial charge on any atom is 0.171 e. The molecule has 4 saturated heterocycles. The van der Waals surface area contributed by atoms with Crippen LogP contribution in [0.2, 0.25) is 0 Å². The Morgan fingerprint density at radius 2 is 1.36 bits per heavy atom.